The van der Waals surface area contributed by atoms with Gasteiger partial charge in [-0.2, -0.15) is 0 Å². The lowest BCUT2D eigenvalue weighted by molar-refractivity contribution is -0.148. The Bertz CT molecular complexity index is 185. The van der Waals surface area contributed by atoms with E-state index >= 15 is 0 Å². The van der Waals surface area contributed by atoms with E-state index in [1.54, 1.807) is 6.92 Å². The van der Waals surface area contributed by atoms with Gasteiger partial charge in [0.05, 0.1) is 13.2 Å². The molecule has 0 fully saturated rings. The van der Waals surface area contributed by atoms with Crippen LogP contribution in [0.2, 0.25) is 0 Å². The number of carbonyl (C=O) groups is 1. The van der Waals surface area contributed by atoms with E-state index in [4.69, 9.17) is 16.3 Å². The van der Waals surface area contributed by atoms with Crippen LogP contribution in [0.1, 0.15) is 6.92 Å². The van der Waals surface area contributed by atoms with Crippen LogP contribution in [0.15, 0.2) is 11.6 Å². The van der Waals surface area contributed by atoms with Crippen molar-refractivity contribution < 1.29 is 14.3 Å². The summed E-state index contributed by atoms with van der Waals surface area (Å²) in [4.78, 5) is 10.8. The van der Waals surface area contributed by atoms with Gasteiger partial charge in [0, 0.05) is 18.1 Å². The number of hydrogen-bond acceptors (Lipinski definition) is 4. The summed E-state index contributed by atoms with van der Waals surface area (Å²) in [5.41, 5.74) is 0. The second kappa shape index (κ2) is 8.99. The van der Waals surface area contributed by atoms with E-state index in [9.17, 15) is 4.79 Å². The van der Waals surface area contributed by atoms with E-state index in [1.807, 2.05) is 0 Å². The maximum atomic E-state index is 10.8. The van der Waals surface area contributed by atoms with Gasteiger partial charge in [-0.25, -0.2) is 4.79 Å². The van der Waals surface area contributed by atoms with Crippen LogP contribution in [0.3, 0.4) is 0 Å². The van der Waals surface area contributed by atoms with E-state index in [0.29, 0.717) is 31.3 Å². The monoisotopic (exact) mass is 221 g/mol. The molecule has 0 aliphatic carbocycles. The van der Waals surface area contributed by atoms with Crippen molar-refractivity contribution in [3.8, 4) is 0 Å². The van der Waals surface area contributed by atoms with Crippen LogP contribution in [0.4, 0.5) is 0 Å². The van der Waals surface area contributed by atoms with Gasteiger partial charge in [-0.1, -0.05) is 18.2 Å². The molecule has 1 N–H and O–H groups in total. The van der Waals surface area contributed by atoms with Crippen LogP contribution in [-0.4, -0.2) is 38.9 Å². The summed E-state index contributed by atoms with van der Waals surface area (Å²) in [7, 11) is 0. The van der Waals surface area contributed by atoms with Crippen molar-refractivity contribution in [2.75, 3.05) is 32.9 Å². The van der Waals surface area contributed by atoms with Crippen molar-refractivity contribution in [2.24, 2.45) is 0 Å². The van der Waals surface area contributed by atoms with Crippen molar-refractivity contribution in [1.29, 1.82) is 0 Å². The van der Waals surface area contributed by atoms with Gasteiger partial charge < -0.3 is 14.8 Å². The summed E-state index contributed by atoms with van der Waals surface area (Å²) in [6, 6.07) is 0. The van der Waals surface area contributed by atoms with E-state index in [-0.39, 0.29) is 12.6 Å². The minimum absolute atomic E-state index is 0.00264. The van der Waals surface area contributed by atoms with Gasteiger partial charge in [0.2, 0.25) is 0 Å². The highest BCUT2D eigenvalue weighted by atomic mass is 35.5. The molecule has 14 heavy (non-hydrogen) atoms. The first-order valence-electron chi connectivity index (χ1n) is 4.44. The van der Waals surface area contributed by atoms with Crippen LogP contribution < -0.4 is 5.32 Å². The average molecular weight is 222 g/mol. The molecule has 0 saturated carbocycles. The minimum atomic E-state index is -0.339. The number of halogens is 1. The molecule has 0 aliphatic heterocycles. The molecular weight excluding hydrogens is 206 g/mol. The molecule has 4 nitrogen and oxygen atoms in total. The Morgan fingerprint density at radius 3 is 2.86 bits per heavy atom. The molecule has 0 saturated heterocycles. The zero-order valence-electron chi connectivity index (χ0n) is 8.35. The Labute approximate surface area is 89.2 Å². The smallest absolute Gasteiger partial charge is 0.332 e. The highest BCUT2D eigenvalue weighted by molar-refractivity contribution is 6.29. The second-order valence-corrected chi connectivity index (χ2v) is 3.09. The number of hydrogen-bond donors (Lipinski definition) is 1. The van der Waals surface area contributed by atoms with Crippen LogP contribution >= 0.6 is 11.6 Å². The summed E-state index contributed by atoms with van der Waals surface area (Å²) < 4.78 is 9.69. The summed E-state index contributed by atoms with van der Waals surface area (Å²) in [6.07, 6.45) is 0. The lowest BCUT2D eigenvalue weighted by Gasteiger charge is -2.04. The van der Waals surface area contributed by atoms with Gasteiger partial charge in [0.25, 0.3) is 0 Å². The summed E-state index contributed by atoms with van der Waals surface area (Å²) in [6.45, 7) is 7.27. The molecule has 0 atom stereocenters. The Kier molecular flexibility index (Phi) is 8.62. The van der Waals surface area contributed by atoms with Crippen LogP contribution in [-0.2, 0) is 14.3 Å². The third-order valence-electron chi connectivity index (χ3n) is 1.27. The molecule has 0 bridgehead atoms. The maximum absolute atomic E-state index is 10.8. The molecule has 82 valence electrons. The van der Waals surface area contributed by atoms with Gasteiger partial charge >= 0.3 is 5.97 Å². The zero-order chi connectivity index (χ0) is 10.8. The van der Waals surface area contributed by atoms with Crippen molar-refractivity contribution >= 4 is 17.6 Å². The second-order valence-electron chi connectivity index (χ2n) is 2.55. The Hall–Kier alpha value is -0.580. The topological polar surface area (TPSA) is 47.6 Å². The minimum Gasteiger partial charge on any atom is -0.464 e. The standard InChI is InChI=1S/C9H16ClNO3/c1-3-14-9(12)7-13-5-4-11-6-8(2)10/h11H,2-7H2,1H3. The van der Waals surface area contributed by atoms with Gasteiger partial charge in [-0.15, -0.1) is 0 Å². The summed E-state index contributed by atoms with van der Waals surface area (Å²) >= 11 is 5.51. The maximum Gasteiger partial charge on any atom is 0.332 e. The molecule has 0 aromatic heterocycles. The van der Waals surface area contributed by atoms with Gasteiger partial charge in [-0.3, -0.25) is 0 Å². The van der Waals surface area contributed by atoms with Gasteiger partial charge in [-0.05, 0) is 6.92 Å². The molecule has 0 aliphatic rings. The first-order valence-corrected chi connectivity index (χ1v) is 4.82. The summed E-state index contributed by atoms with van der Waals surface area (Å²) in [5.74, 6) is -0.339. The third-order valence-corrected chi connectivity index (χ3v) is 1.40. The molecule has 0 spiro atoms. The quantitative estimate of drug-likeness (QED) is 0.489. The molecular formula is C9H16ClNO3. The van der Waals surface area contributed by atoms with Crippen molar-refractivity contribution in [1.82, 2.24) is 5.32 Å². The van der Waals surface area contributed by atoms with E-state index in [1.165, 1.54) is 0 Å². The predicted octanol–water partition coefficient (Wildman–Crippen LogP) is 0.908. The van der Waals surface area contributed by atoms with Gasteiger partial charge in [0.1, 0.15) is 6.61 Å². The molecule has 0 radical (unpaired) electrons. The average Bonchev–Trinajstić information content (AvgIpc) is 2.11. The Morgan fingerprint density at radius 2 is 2.29 bits per heavy atom. The third kappa shape index (κ3) is 9.51. The highest BCUT2D eigenvalue weighted by Gasteiger charge is 1.99. The van der Waals surface area contributed by atoms with Gasteiger partial charge in [0.15, 0.2) is 0 Å². The molecule has 0 unspecified atom stereocenters. The molecule has 0 rings (SSSR count). The van der Waals surface area contributed by atoms with Crippen LogP contribution in [0.25, 0.3) is 0 Å². The number of rotatable bonds is 8. The zero-order valence-corrected chi connectivity index (χ0v) is 9.10. The van der Waals surface area contributed by atoms with E-state index < -0.39 is 0 Å². The first-order chi connectivity index (χ1) is 6.66. The normalized spacial score (nSPS) is 9.86. The Balaban J connectivity index is 3.13. The van der Waals surface area contributed by atoms with Crippen LogP contribution in [0.5, 0.6) is 0 Å². The number of esters is 1. The lowest BCUT2D eigenvalue weighted by atomic mass is 10.5. The highest BCUT2D eigenvalue weighted by Crippen LogP contribution is 1.91. The largest absolute Gasteiger partial charge is 0.464 e. The molecule has 0 aromatic carbocycles. The number of carbonyl (C=O) groups excluding carboxylic acids is 1. The summed E-state index contributed by atoms with van der Waals surface area (Å²) in [5, 5.41) is 3.53. The molecule has 0 amide bonds. The van der Waals surface area contributed by atoms with Crippen molar-refractivity contribution in [2.45, 2.75) is 6.92 Å². The lowest BCUT2D eigenvalue weighted by Crippen LogP contribution is -2.22. The predicted molar refractivity (Wildman–Crippen MR) is 55.3 cm³/mol. The fourth-order valence-electron chi connectivity index (χ4n) is 0.727. The van der Waals surface area contributed by atoms with E-state index in [2.05, 4.69) is 16.6 Å². The molecule has 0 aromatic rings. The van der Waals surface area contributed by atoms with Crippen molar-refractivity contribution in [3.63, 3.8) is 0 Å². The Morgan fingerprint density at radius 1 is 1.57 bits per heavy atom. The van der Waals surface area contributed by atoms with E-state index in [0.717, 1.165) is 0 Å². The van der Waals surface area contributed by atoms with Crippen molar-refractivity contribution in [3.05, 3.63) is 11.6 Å². The molecule has 0 heterocycles. The fourth-order valence-corrected chi connectivity index (χ4v) is 0.821. The fraction of sp³-hybridized carbons (Fsp3) is 0.667. The molecule has 5 heteroatoms. The number of nitrogens with one attached hydrogen (secondary N) is 1. The SMILES string of the molecule is C=C(Cl)CNCCOCC(=O)OCC. The first kappa shape index (κ1) is 13.4. The van der Waals surface area contributed by atoms with Crippen LogP contribution in [0, 0.1) is 0 Å². The number of ether oxygens (including phenoxy) is 2.